The van der Waals surface area contributed by atoms with Crippen molar-refractivity contribution in [3.63, 3.8) is 0 Å². The topological polar surface area (TPSA) is 81.4 Å². The standard InChI is InChI=1S/C8H16N2O3/c1-4-13-8(12)10-6(5(2)3)7(9)11/h5-6H,4H2,1-3H3,(H2,9,11)(H,10,12). The molecule has 0 heterocycles. The molecule has 0 saturated carbocycles. The number of hydrogen-bond acceptors (Lipinski definition) is 3. The molecule has 1 atom stereocenters. The van der Waals surface area contributed by atoms with E-state index < -0.39 is 18.0 Å². The third-order valence-electron chi connectivity index (χ3n) is 1.52. The van der Waals surface area contributed by atoms with Gasteiger partial charge >= 0.3 is 6.09 Å². The van der Waals surface area contributed by atoms with Crippen LogP contribution in [0.4, 0.5) is 4.79 Å². The number of ether oxygens (including phenoxy) is 1. The maximum Gasteiger partial charge on any atom is 0.407 e. The minimum atomic E-state index is -0.668. The fraction of sp³-hybridized carbons (Fsp3) is 0.750. The molecule has 0 bridgehead atoms. The summed E-state index contributed by atoms with van der Waals surface area (Å²) in [5, 5.41) is 2.38. The highest BCUT2D eigenvalue weighted by Gasteiger charge is 2.21. The Kier molecular flexibility index (Phi) is 4.87. The maximum atomic E-state index is 10.9. The summed E-state index contributed by atoms with van der Waals surface area (Å²) in [4.78, 5) is 21.8. The number of nitrogens with two attached hydrogens (primary N) is 1. The summed E-state index contributed by atoms with van der Waals surface area (Å²) in [6.45, 7) is 5.55. The van der Waals surface area contributed by atoms with Gasteiger partial charge in [-0.25, -0.2) is 4.79 Å². The molecular formula is C8H16N2O3. The van der Waals surface area contributed by atoms with Gasteiger partial charge in [-0.2, -0.15) is 0 Å². The van der Waals surface area contributed by atoms with Crippen LogP contribution < -0.4 is 11.1 Å². The number of primary amides is 1. The van der Waals surface area contributed by atoms with Gasteiger partial charge in [0.15, 0.2) is 0 Å². The zero-order chi connectivity index (χ0) is 10.4. The van der Waals surface area contributed by atoms with E-state index in [-0.39, 0.29) is 12.5 Å². The van der Waals surface area contributed by atoms with E-state index in [1.165, 1.54) is 0 Å². The van der Waals surface area contributed by atoms with E-state index in [0.717, 1.165) is 0 Å². The average Bonchev–Trinajstić information content (AvgIpc) is 1.99. The molecule has 0 radical (unpaired) electrons. The molecule has 0 aromatic rings. The van der Waals surface area contributed by atoms with Gasteiger partial charge in [0.2, 0.25) is 5.91 Å². The van der Waals surface area contributed by atoms with Crippen LogP contribution in [0.1, 0.15) is 20.8 Å². The van der Waals surface area contributed by atoms with E-state index in [4.69, 9.17) is 5.73 Å². The van der Waals surface area contributed by atoms with Gasteiger partial charge in [-0.1, -0.05) is 13.8 Å². The van der Waals surface area contributed by atoms with Gasteiger partial charge in [-0.05, 0) is 12.8 Å². The Morgan fingerprint density at radius 1 is 1.46 bits per heavy atom. The number of hydrogen-bond donors (Lipinski definition) is 2. The van der Waals surface area contributed by atoms with Crippen LogP contribution in [0.25, 0.3) is 0 Å². The van der Waals surface area contributed by atoms with Crippen molar-refractivity contribution in [2.24, 2.45) is 11.7 Å². The molecule has 0 aliphatic carbocycles. The number of alkyl carbamates (subject to hydrolysis) is 1. The molecule has 0 fully saturated rings. The first-order chi connectivity index (χ1) is 5.99. The first kappa shape index (κ1) is 11.7. The van der Waals surface area contributed by atoms with Crippen molar-refractivity contribution in [1.82, 2.24) is 5.32 Å². The van der Waals surface area contributed by atoms with Crippen molar-refractivity contribution in [3.05, 3.63) is 0 Å². The summed E-state index contributed by atoms with van der Waals surface area (Å²) in [6.07, 6.45) is -0.611. The Morgan fingerprint density at radius 2 is 2.00 bits per heavy atom. The van der Waals surface area contributed by atoms with Crippen LogP contribution in [0.2, 0.25) is 0 Å². The lowest BCUT2D eigenvalue weighted by molar-refractivity contribution is -0.120. The highest BCUT2D eigenvalue weighted by molar-refractivity contribution is 5.84. The van der Waals surface area contributed by atoms with Crippen LogP contribution in [0.15, 0.2) is 0 Å². The molecule has 0 aromatic carbocycles. The van der Waals surface area contributed by atoms with E-state index in [9.17, 15) is 9.59 Å². The molecular weight excluding hydrogens is 172 g/mol. The van der Waals surface area contributed by atoms with Crippen molar-refractivity contribution in [2.45, 2.75) is 26.8 Å². The van der Waals surface area contributed by atoms with Crippen LogP contribution in [-0.4, -0.2) is 24.6 Å². The van der Waals surface area contributed by atoms with Crippen LogP contribution in [0, 0.1) is 5.92 Å². The fourth-order valence-electron chi connectivity index (χ4n) is 0.866. The summed E-state index contributed by atoms with van der Waals surface area (Å²) in [6, 6.07) is -0.668. The molecule has 5 heteroatoms. The molecule has 5 nitrogen and oxygen atoms in total. The first-order valence-corrected chi connectivity index (χ1v) is 4.21. The second kappa shape index (κ2) is 5.40. The Hall–Kier alpha value is -1.26. The van der Waals surface area contributed by atoms with Crippen molar-refractivity contribution < 1.29 is 14.3 Å². The predicted molar refractivity (Wildman–Crippen MR) is 48.0 cm³/mol. The smallest absolute Gasteiger partial charge is 0.407 e. The lowest BCUT2D eigenvalue weighted by atomic mass is 10.0. The molecule has 0 aliphatic rings. The van der Waals surface area contributed by atoms with Crippen molar-refractivity contribution in [2.75, 3.05) is 6.61 Å². The minimum Gasteiger partial charge on any atom is -0.450 e. The van der Waals surface area contributed by atoms with E-state index in [2.05, 4.69) is 10.1 Å². The summed E-state index contributed by atoms with van der Waals surface area (Å²) in [7, 11) is 0. The van der Waals surface area contributed by atoms with Gasteiger partial charge in [-0.15, -0.1) is 0 Å². The molecule has 2 amide bonds. The van der Waals surface area contributed by atoms with E-state index in [1.54, 1.807) is 20.8 Å². The lowest BCUT2D eigenvalue weighted by Gasteiger charge is -2.18. The van der Waals surface area contributed by atoms with E-state index >= 15 is 0 Å². The van der Waals surface area contributed by atoms with Crippen LogP contribution in [0.3, 0.4) is 0 Å². The lowest BCUT2D eigenvalue weighted by Crippen LogP contribution is -2.47. The number of amides is 2. The zero-order valence-corrected chi connectivity index (χ0v) is 8.16. The Labute approximate surface area is 77.6 Å². The second-order valence-corrected chi connectivity index (χ2v) is 2.99. The normalized spacial score (nSPS) is 12.3. The minimum absolute atomic E-state index is 0.0399. The molecule has 0 rings (SSSR count). The van der Waals surface area contributed by atoms with Gasteiger partial charge in [-0.3, -0.25) is 4.79 Å². The van der Waals surface area contributed by atoms with Gasteiger partial charge in [0.05, 0.1) is 6.61 Å². The van der Waals surface area contributed by atoms with E-state index in [1.807, 2.05) is 0 Å². The maximum absolute atomic E-state index is 10.9. The number of rotatable bonds is 4. The summed E-state index contributed by atoms with van der Waals surface area (Å²) < 4.78 is 4.61. The fourth-order valence-corrected chi connectivity index (χ4v) is 0.866. The van der Waals surface area contributed by atoms with Gasteiger partial charge in [0.25, 0.3) is 0 Å². The largest absolute Gasteiger partial charge is 0.450 e. The van der Waals surface area contributed by atoms with Crippen LogP contribution in [-0.2, 0) is 9.53 Å². The van der Waals surface area contributed by atoms with Crippen molar-refractivity contribution >= 4 is 12.0 Å². The number of carbonyl (C=O) groups is 2. The molecule has 3 N–H and O–H groups in total. The zero-order valence-electron chi connectivity index (χ0n) is 8.16. The van der Waals surface area contributed by atoms with Gasteiger partial charge in [0.1, 0.15) is 6.04 Å². The molecule has 13 heavy (non-hydrogen) atoms. The second-order valence-electron chi connectivity index (χ2n) is 2.99. The van der Waals surface area contributed by atoms with Gasteiger partial charge in [0, 0.05) is 0 Å². The Bertz CT molecular complexity index is 192. The molecule has 0 aliphatic heterocycles. The Balaban J connectivity index is 4.10. The molecule has 76 valence electrons. The highest BCUT2D eigenvalue weighted by Crippen LogP contribution is 2.00. The Morgan fingerprint density at radius 3 is 2.31 bits per heavy atom. The first-order valence-electron chi connectivity index (χ1n) is 4.21. The third kappa shape index (κ3) is 4.35. The molecule has 0 aromatic heterocycles. The molecule has 0 spiro atoms. The SMILES string of the molecule is CCOC(=O)NC(C(N)=O)C(C)C. The number of nitrogens with one attached hydrogen (secondary N) is 1. The summed E-state index contributed by atoms with van der Waals surface area (Å²) >= 11 is 0. The van der Waals surface area contributed by atoms with Crippen LogP contribution in [0.5, 0.6) is 0 Å². The average molecular weight is 188 g/mol. The van der Waals surface area contributed by atoms with Crippen molar-refractivity contribution in [1.29, 1.82) is 0 Å². The van der Waals surface area contributed by atoms with Crippen LogP contribution >= 0.6 is 0 Å². The monoisotopic (exact) mass is 188 g/mol. The third-order valence-corrected chi connectivity index (χ3v) is 1.52. The molecule has 1 unspecified atom stereocenters. The van der Waals surface area contributed by atoms with E-state index in [0.29, 0.717) is 0 Å². The van der Waals surface area contributed by atoms with Crippen molar-refractivity contribution in [3.8, 4) is 0 Å². The van der Waals surface area contributed by atoms with Gasteiger partial charge < -0.3 is 15.8 Å². The number of carbonyl (C=O) groups excluding carboxylic acids is 2. The summed E-state index contributed by atoms with van der Waals surface area (Å²) in [5.74, 6) is -0.593. The predicted octanol–water partition coefficient (Wildman–Crippen LogP) is 0.242. The quantitative estimate of drug-likeness (QED) is 0.663. The molecule has 0 saturated heterocycles. The summed E-state index contributed by atoms with van der Waals surface area (Å²) in [5.41, 5.74) is 5.07. The highest BCUT2D eigenvalue weighted by atomic mass is 16.5.